The average molecular weight is 533 g/mol. The van der Waals surface area contributed by atoms with Gasteiger partial charge in [-0.1, -0.05) is 19.4 Å². The summed E-state index contributed by atoms with van der Waals surface area (Å²) in [6.45, 7) is 10.7. The molecule has 0 saturated carbocycles. The van der Waals surface area contributed by atoms with E-state index in [0.29, 0.717) is 19.1 Å². The molecule has 1 saturated heterocycles. The van der Waals surface area contributed by atoms with Crippen molar-refractivity contribution in [3.8, 4) is 17.3 Å². The number of hydrogen-bond donors (Lipinski definition) is 1. The van der Waals surface area contributed by atoms with Crippen LogP contribution < -0.4 is 15.0 Å². The van der Waals surface area contributed by atoms with Crippen LogP contribution in [0.3, 0.4) is 0 Å². The third kappa shape index (κ3) is 6.84. The highest BCUT2D eigenvalue weighted by molar-refractivity contribution is 5.66. The summed E-state index contributed by atoms with van der Waals surface area (Å²) in [5.74, 6) is 3.20. The second-order valence-corrected chi connectivity index (χ2v) is 10.2. The number of nitrogens with one attached hydrogen (secondary N) is 1. The largest absolute Gasteiger partial charge is 0.478 e. The van der Waals surface area contributed by atoms with Crippen molar-refractivity contribution in [3.63, 3.8) is 0 Å². The maximum atomic E-state index is 5.76. The van der Waals surface area contributed by atoms with E-state index in [9.17, 15) is 0 Å². The minimum atomic E-state index is 0.276. The Kier molecular flexibility index (Phi) is 9.23. The maximum Gasteiger partial charge on any atom is 0.215 e. The molecule has 0 radical (unpaired) electrons. The van der Waals surface area contributed by atoms with Gasteiger partial charge in [0.05, 0.1) is 38.2 Å². The molecule has 9 heteroatoms. The van der Waals surface area contributed by atoms with Crippen molar-refractivity contribution in [2.75, 3.05) is 63.4 Å². The first-order valence-corrected chi connectivity index (χ1v) is 14.1. The first kappa shape index (κ1) is 27.3. The zero-order valence-corrected chi connectivity index (χ0v) is 23.4. The van der Waals surface area contributed by atoms with E-state index in [1.54, 1.807) is 7.11 Å². The number of ether oxygens (including phenoxy) is 3. The van der Waals surface area contributed by atoms with Crippen LogP contribution in [0.15, 0.2) is 42.5 Å². The van der Waals surface area contributed by atoms with Gasteiger partial charge in [-0.15, -0.1) is 0 Å². The Bertz CT molecular complexity index is 1220. The van der Waals surface area contributed by atoms with Gasteiger partial charge in [-0.25, -0.2) is 9.97 Å². The summed E-state index contributed by atoms with van der Waals surface area (Å²) in [6.07, 6.45) is 3.05. The third-order valence-corrected chi connectivity index (χ3v) is 7.26. The number of benzene rings is 1. The number of fused-ring (bicyclic) bond motifs is 1. The Labute approximate surface area is 231 Å². The highest BCUT2D eigenvalue weighted by Gasteiger charge is 2.28. The van der Waals surface area contributed by atoms with Crippen molar-refractivity contribution in [2.45, 2.75) is 45.7 Å². The molecule has 2 aliphatic rings. The number of unbranched alkanes of at least 4 members (excludes halogenated alkanes) is 1. The molecule has 9 nitrogen and oxygen atoms in total. The Morgan fingerprint density at radius 3 is 2.72 bits per heavy atom. The molecule has 0 aliphatic carbocycles. The molecule has 0 spiro atoms. The number of methoxy groups -OCH3 is 1. The molecule has 3 aromatic rings. The quantitative estimate of drug-likeness (QED) is 0.354. The molecule has 39 heavy (non-hydrogen) atoms. The summed E-state index contributed by atoms with van der Waals surface area (Å²) in [5.41, 5.74) is 4.32. The van der Waals surface area contributed by atoms with Crippen molar-refractivity contribution in [1.82, 2.24) is 19.9 Å². The van der Waals surface area contributed by atoms with E-state index in [1.807, 2.05) is 30.3 Å². The molecular formula is C30H40N6O3. The highest BCUT2D eigenvalue weighted by atomic mass is 16.5. The molecule has 0 bridgehead atoms. The Morgan fingerprint density at radius 1 is 1.05 bits per heavy atom. The topological polar surface area (TPSA) is 84.9 Å². The maximum absolute atomic E-state index is 5.76. The van der Waals surface area contributed by atoms with Crippen LogP contribution in [0, 0.1) is 0 Å². The van der Waals surface area contributed by atoms with Crippen molar-refractivity contribution in [1.29, 1.82) is 0 Å². The summed E-state index contributed by atoms with van der Waals surface area (Å²) in [6, 6.07) is 14.3. The second-order valence-electron chi connectivity index (χ2n) is 10.2. The molecule has 1 atom stereocenters. The zero-order chi connectivity index (χ0) is 27.0. The van der Waals surface area contributed by atoms with Gasteiger partial charge < -0.3 is 24.4 Å². The number of anilines is 3. The molecule has 208 valence electrons. The van der Waals surface area contributed by atoms with E-state index in [4.69, 9.17) is 24.2 Å². The van der Waals surface area contributed by atoms with E-state index in [0.717, 1.165) is 93.1 Å². The molecule has 0 amide bonds. The van der Waals surface area contributed by atoms with E-state index in [2.05, 4.69) is 46.1 Å². The van der Waals surface area contributed by atoms with Crippen molar-refractivity contribution >= 4 is 17.3 Å². The minimum Gasteiger partial charge on any atom is -0.478 e. The van der Waals surface area contributed by atoms with E-state index < -0.39 is 0 Å². The predicted molar refractivity (Wildman–Crippen MR) is 154 cm³/mol. The lowest BCUT2D eigenvalue weighted by Crippen LogP contribution is -2.45. The molecular weight excluding hydrogens is 492 g/mol. The van der Waals surface area contributed by atoms with Crippen LogP contribution in [0.25, 0.3) is 11.4 Å². The molecule has 2 aliphatic heterocycles. The minimum absolute atomic E-state index is 0.276. The van der Waals surface area contributed by atoms with Gasteiger partial charge >= 0.3 is 0 Å². The molecule has 0 unspecified atom stereocenters. The molecule has 1 N–H and O–H groups in total. The molecule has 2 aromatic heterocycles. The number of morpholine rings is 1. The Morgan fingerprint density at radius 2 is 1.92 bits per heavy atom. The Hall–Kier alpha value is -3.27. The fourth-order valence-corrected chi connectivity index (χ4v) is 5.02. The first-order chi connectivity index (χ1) is 19.1. The lowest BCUT2D eigenvalue weighted by molar-refractivity contribution is 0.0982. The van der Waals surface area contributed by atoms with Crippen LogP contribution in [0.4, 0.5) is 17.3 Å². The number of hydrogen-bond acceptors (Lipinski definition) is 9. The fraction of sp³-hybridized carbons (Fsp3) is 0.500. The van der Waals surface area contributed by atoms with Gasteiger partial charge in [-0.05, 0) is 50.1 Å². The summed E-state index contributed by atoms with van der Waals surface area (Å²) >= 11 is 0. The van der Waals surface area contributed by atoms with Gasteiger partial charge in [-0.2, -0.15) is 4.98 Å². The molecule has 4 heterocycles. The lowest BCUT2D eigenvalue weighted by atomic mass is 10.0. The lowest BCUT2D eigenvalue weighted by Gasteiger charge is -2.37. The van der Waals surface area contributed by atoms with Crippen molar-refractivity contribution in [3.05, 3.63) is 53.7 Å². The van der Waals surface area contributed by atoms with Crippen molar-refractivity contribution < 1.29 is 14.2 Å². The van der Waals surface area contributed by atoms with Gasteiger partial charge in [0.25, 0.3) is 0 Å². The van der Waals surface area contributed by atoms with E-state index >= 15 is 0 Å². The number of pyridine rings is 1. The summed E-state index contributed by atoms with van der Waals surface area (Å²) in [5, 5.41) is 3.39. The summed E-state index contributed by atoms with van der Waals surface area (Å²) in [7, 11) is 1.75. The van der Waals surface area contributed by atoms with Gasteiger partial charge in [0, 0.05) is 56.2 Å². The summed E-state index contributed by atoms with van der Waals surface area (Å²) in [4.78, 5) is 19.6. The van der Waals surface area contributed by atoms with Crippen molar-refractivity contribution in [2.24, 2.45) is 0 Å². The predicted octanol–water partition coefficient (Wildman–Crippen LogP) is 4.69. The molecule has 1 fully saturated rings. The molecule has 5 rings (SSSR count). The Balaban J connectivity index is 1.38. The fourth-order valence-electron chi connectivity index (χ4n) is 5.02. The van der Waals surface area contributed by atoms with Crippen LogP contribution in [0.2, 0.25) is 0 Å². The van der Waals surface area contributed by atoms with Crippen LogP contribution in [-0.2, 0) is 22.4 Å². The second kappa shape index (κ2) is 13.2. The monoisotopic (exact) mass is 532 g/mol. The van der Waals surface area contributed by atoms with Crippen LogP contribution >= 0.6 is 0 Å². The van der Waals surface area contributed by atoms with Crippen LogP contribution in [0.5, 0.6) is 5.88 Å². The normalized spacial score (nSPS) is 17.6. The number of nitrogens with zero attached hydrogens (tertiary/aromatic N) is 5. The zero-order valence-electron chi connectivity index (χ0n) is 23.4. The SMILES string of the molecule is CCCCOc1cccc(Nc2ccc(-c3nc4c(c(N5CCOC[C@@H]5C)n3)CCN(CCOC)C4)cc2)n1. The van der Waals surface area contributed by atoms with Gasteiger partial charge in [-0.3, -0.25) is 4.90 Å². The standard InChI is InChI=1S/C30H40N6O3/c1-4-5-17-39-28-8-6-7-27(33-28)31-24-11-9-23(10-12-24)29-32-26-20-35(15-18-37-3)14-13-25(26)30(34-29)36-16-19-38-21-22(36)2/h6-12,22H,4-5,13-21H2,1-3H3,(H,31,33)/t22-/m0/s1. The van der Waals surface area contributed by atoms with Crippen LogP contribution in [-0.4, -0.2) is 79.1 Å². The van der Waals surface area contributed by atoms with Gasteiger partial charge in [0.2, 0.25) is 5.88 Å². The number of aromatic nitrogens is 3. The average Bonchev–Trinajstić information content (AvgIpc) is 2.96. The molecule has 1 aromatic carbocycles. The van der Waals surface area contributed by atoms with Gasteiger partial charge in [0.15, 0.2) is 5.82 Å². The van der Waals surface area contributed by atoms with Gasteiger partial charge in [0.1, 0.15) is 11.6 Å². The van der Waals surface area contributed by atoms with Crippen LogP contribution in [0.1, 0.15) is 37.9 Å². The highest BCUT2D eigenvalue weighted by Crippen LogP contribution is 2.32. The van der Waals surface area contributed by atoms with E-state index in [1.165, 1.54) is 5.56 Å². The third-order valence-electron chi connectivity index (χ3n) is 7.26. The summed E-state index contributed by atoms with van der Waals surface area (Å²) < 4.78 is 16.8. The first-order valence-electron chi connectivity index (χ1n) is 14.1. The number of rotatable bonds is 11. The van der Waals surface area contributed by atoms with E-state index in [-0.39, 0.29) is 6.04 Å². The smallest absolute Gasteiger partial charge is 0.215 e.